The number of carbonyl (C=O) groups excluding carboxylic acids is 2. The van der Waals surface area contributed by atoms with Crippen molar-refractivity contribution in [3.05, 3.63) is 35.6 Å². The number of likely N-dealkylation sites (tertiary alicyclic amines) is 2. The summed E-state index contributed by atoms with van der Waals surface area (Å²) in [4.78, 5) is 28.3. The van der Waals surface area contributed by atoms with Crippen LogP contribution in [-0.4, -0.2) is 47.3 Å². The summed E-state index contributed by atoms with van der Waals surface area (Å²) in [6.45, 7) is 1.21. The molecule has 2 aliphatic heterocycles. The summed E-state index contributed by atoms with van der Waals surface area (Å²) in [7, 11) is 1.84. The first kappa shape index (κ1) is 15.0. The van der Waals surface area contributed by atoms with Gasteiger partial charge in [0.2, 0.25) is 5.91 Å². The van der Waals surface area contributed by atoms with Gasteiger partial charge in [-0.25, -0.2) is 4.39 Å². The third-order valence-corrected chi connectivity index (χ3v) is 5.03. The first-order valence-corrected chi connectivity index (χ1v) is 7.83. The third kappa shape index (κ3) is 2.60. The molecule has 22 heavy (non-hydrogen) atoms. The van der Waals surface area contributed by atoms with Gasteiger partial charge in [0, 0.05) is 32.1 Å². The van der Waals surface area contributed by atoms with Crippen LogP contribution in [-0.2, 0) is 4.79 Å². The molecule has 1 aromatic rings. The van der Waals surface area contributed by atoms with Crippen LogP contribution in [0.1, 0.15) is 42.5 Å². The van der Waals surface area contributed by atoms with Crippen molar-refractivity contribution in [2.75, 3.05) is 20.1 Å². The number of nitrogens with zero attached hydrogens (tertiary/aromatic N) is 2. The summed E-state index contributed by atoms with van der Waals surface area (Å²) >= 11 is 0. The quantitative estimate of drug-likeness (QED) is 0.799. The van der Waals surface area contributed by atoms with Crippen LogP contribution >= 0.6 is 0 Å². The van der Waals surface area contributed by atoms with Gasteiger partial charge in [-0.2, -0.15) is 0 Å². The van der Waals surface area contributed by atoms with E-state index in [4.69, 9.17) is 0 Å². The molecular weight excluding hydrogens is 283 g/mol. The van der Waals surface area contributed by atoms with E-state index in [9.17, 15) is 14.0 Å². The van der Waals surface area contributed by atoms with Gasteiger partial charge in [0.05, 0.1) is 5.54 Å². The zero-order chi connectivity index (χ0) is 15.7. The van der Waals surface area contributed by atoms with Gasteiger partial charge in [0.15, 0.2) is 0 Å². The van der Waals surface area contributed by atoms with E-state index in [0.717, 1.165) is 25.7 Å². The molecule has 4 nitrogen and oxygen atoms in total. The molecule has 1 atom stereocenters. The second-order valence-corrected chi connectivity index (χ2v) is 6.37. The van der Waals surface area contributed by atoms with Crippen LogP contribution in [0.2, 0.25) is 0 Å². The van der Waals surface area contributed by atoms with Gasteiger partial charge in [-0.15, -0.1) is 0 Å². The topological polar surface area (TPSA) is 40.6 Å². The first-order chi connectivity index (χ1) is 10.5. The maximum absolute atomic E-state index is 13.3. The first-order valence-electron chi connectivity index (χ1n) is 7.83. The Labute approximate surface area is 129 Å². The van der Waals surface area contributed by atoms with Gasteiger partial charge >= 0.3 is 0 Å². The normalized spacial score (nSPS) is 25.6. The number of carbonyl (C=O) groups is 2. The fourth-order valence-corrected chi connectivity index (χ4v) is 3.74. The Morgan fingerprint density at radius 3 is 2.82 bits per heavy atom. The van der Waals surface area contributed by atoms with Crippen LogP contribution in [0.25, 0.3) is 0 Å². The molecule has 0 radical (unpaired) electrons. The van der Waals surface area contributed by atoms with Gasteiger partial charge < -0.3 is 9.80 Å². The van der Waals surface area contributed by atoms with Gasteiger partial charge in [-0.1, -0.05) is 6.07 Å². The lowest BCUT2D eigenvalue weighted by molar-refractivity contribution is -0.142. The number of benzene rings is 1. The summed E-state index contributed by atoms with van der Waals surface area (Å²) < 4.78 is 13.3. The van der Waals surface area contributed by atoms with Crippen molar-refractivity contribution < 1.29 is 14.0 Å². The molecule has 3 rings (SSSR count). The Balaban J connectivity index is 1.81. The minimum Gasteiger partial charge on any atom is -0.338 e. The van der Waals surface area contributed by atoms with Crippen molar-refractivity contribution in [3.8, 4) is 0 Å². The molecule has 0 aromatic heterocycles. The van der Waals surface area contributed by atoms with E-state index in [0.29, 0.717) is 25.1 Å². The number of halogens is 1. The molecule has 2 aliphatic rings. The van der Waals surface area contributed by atoms with Crippen LogP contribution in [0.5, 0.6) is 0 Å². The highest BCUT2D eigenvalue weighted by molar-refractivity contribution is 5.94. The predicted molar refractivity (Wildman–Crippen MR) is 80.9 cm³/mol. The number of amides is 2. The fraction of sp³-hybridized carbons (Fsp3) is 0.529. The van der Waals surface area contributed by atoms with Gasteiger partial charge in [-0.3, -0.25) is 9.59 Å². The molecule has 0 saturated carbocycles. The van der Waals surface area contributed by atoms with E-state index < -0.39 is 5.82 Å². The van der Waals surface area contributed by atoms with Crippen molar-refractivity contribution in [1.29, 1.82) is 0 Å². The van der Waals surface area contributed by atoms with Gasteiger partial charge in [0.25, 0.3) is 5.91 Å². The lowest BCUT2D eigenvalue weighted by Gasteiger charge is -2.50. The standard InChI is InChI=1S/C17H21FN2O2/c1-19-15(21)7-3-8-17(19)9-4-10-20(12-17)16(22)13-5-2-6-14(18)11-13/h2,5-6,11H,3-4,7-10,12H2,1H3/t17-/m0/s1. The molecule has 1 aromatic carbocycles. The molecule has 1 spiro atoms. The van der Waals surface area contributed by atoms with Crippen molar-refractivity contribution >= 4 is 11.8 Å². The van der Waals surface area contributed by atoms with Crippen molar-refractivity contribution in [1.82, 2.24) is 9.80 Å². The summed E-state index contributed by atoms with van der Waals surface area (Å²) in [5, 5.41) is 0. The van der Waals surface area contributed by atoms with E-state index >= 15 is 0 Å². The minimum atomic E-state index is -0.400. The second-order valence-electron chi connectivity index (χ2n) is 6.37. The van der Waals surface area contributed by atoms with Gasteiger partial charge in [0.1, 0.15) is 5.82 Å². The maximum atomic E-state index is 13.3. The average molecular weight is 304 g/mol. The summed E-state index contributed by atoms with van der Waals surface area (Å²) in [6, 6.07) is 5.81. The highest BCUT2D eigenvalue weighted by atomic mass is 19.1. The molecule has 0 bridgehead atoms. The molecule has 2 heterocycles. The molecule has 2 saturated heterocycles. The van der Waals surface area contributed by atoms with Crippen LogP contribution < -0.4 is 0 Å². The Kier molecular flexibility index (Phi) is 3.89. The molecule has 0 unspecified atom stereocenters. The monoisotopic (exact) mass is 304 g/mol. The van der Waals surface area contributed by atoms with E-state index in [-0.39, 0.29) is 17.4 Å². The summed E-state index contributed by atoms with van der Waals surface area (Å²) in [5.74, 6) is -0.390. The van der Waals surface area contributed by atoms with Crippen molar-refractivity contribution in [2.45, 2.75) is 37.6 Å². The van der Waals surface area contributed by atoms with Crippen molar-refractivity contribution in [2.24, 2.45) is 0 Å². The molecule has 2 fully saturated rings. The minimum absolute atomic E-state index is 0.148. The molecule has 2 amide bonds. The van der Waals surface area contributed by atoms with Crippen LogP contribution in [0.4, 0.5) is 4.39 Å². The third-order valence-electron chi connectivity index (χ3n) is 5.03. The number of hydrogen-bond donors (Lipinski definition) is 0. The zero-order valence-electron chi connectivity index (χ0n) is 12.8. The molecule has 0 aliphatic carbocycles. The SMILES string of the molecule is CN1C(=O)CCC[C@@]12CCCN(C(=O)c1cccc(F)c1)C2. The highest BCUT2D eigenvalue weighted by Gasteiger charge is 2.44. The highest BCUT2D eigenvalue weighted by Crippen LogP contribution is 2.36. The number of likely N-dealkylation sites (N-methyl/N-ethyl adjacent to an activating group) is 1. The lowest BCUT2D eigenvalue weighted by Crippen LogP contribution is -2.61. The Hall–Kier alpha value is -1.91. The van der Waals surface area contributed by atoms with Crippen LogP contribution in [0.3, 0.4) is 0 Å². The van der Waals surface area contributed by atoms with E-state index in [2.05, 4.69) is 0 Å². The molecule has 5 heteroatoms. The van der Waals surface area contributed by atoms with E-state index in [1.54, 1.807) is 17.0 Å². The van der Waals surface area contributed by atoms with Crippen LogP contribution in [0.15, 0.2) is 24.3 Å². The van der Waals surface area contributed by atoms with Crippen molar-refractivity contribution in [3.63, 3.8) is 0 Å². The Bertz CT molecular complexity index is 600. The smallest absolute Gasteiger partial charge is 0.254 e. The largest absolute Gasteiger partial charge is 0.338 e. The predicted octanol–water partition coefficient (Wildman–Crippen LogP) is 2.44. The molecule has 0 N–H and O–H groups in total. The molecule has 118 valence electrons. The molecular formula is C17H21FN2O2. The summed E-state index contributed by atoms with van der Waals surface area (Å²) in [6.07, 6.45) is 4.21. The fourth-order valence-electron chi connectivity index (χ4n) is 3.74. The zero-order valence-corrected chi connectivity index (χ0v) is 12.8. The number of rotatable bonds is 1. The Morgan fingerprint density at radius 1 is 1.27 bits per heavy atom. The Morgan fingerprint density at radius 2 is 2.05 bits per heavy atom. The van der Waals surface area contributed by atoms with Gasteiger partial charge in [-0.05, 0) is 43.9 Å². The second kappa shape index (κ2) is 5.71. The number of hydrogen-bond acceptors (Lipinski definition) is 2. The maximum Gasteiger partial charge on any atom is 0.254 e. The average Bonchev–Trinajstić information content (AvgIpc) is 2.52. The van der Waals surface area contributed by atoms with E-state index in [1.165, 1.54) is 12.1 Å². The van der Waals surface area contributed by atoms with E-state index in [1.807, 2.05) is 11.9 Å². The summed E-state index contributed by atoms with van der Waals surface area (Å²) in [5.41, 5.74) is 0.137. The van der Waals surface area contributed by atoms with Crippen LogP contribution in [0, 0.1) is 5.82 Å². The lowest BCUT2D eigenvalue weighted by atomic mass is 9.80. The number of piperidine rings is 2.